The van der Waals surface area contributed by atoms with E-state index in [1.807, 2.05) is 18.2 Å². The Morgan fingerprint density at radius 3 is 2.86 bits per heavy atom. The van der Waals surface area contributed by atoms with E-state index >= 15 is 0 Å². The maximum atomic E-state index is 6.06. The maximum Gasteiger partial charge on any atom is 0.319 e. The van der Waals surface area contributed by atoms with Crippen LogP contribution in [0.25, 0.3) is 0 Å². The predicted molar refractivity (Wildman–Crippen MR) is 83.5 cm³/mol. The first kappa shape index (κ1) is 15.0. The molecule has 1 fully saturated rings. The Balaban J connectivity index is 1.62. The highest BCUT2D eigenvalue weighted by molar-refractivity contribution is 6.29. The van der Waals surface area contributed by atoms with Crippen LogP contribution in [0.1, 0.15) is 5.69 Å². The highest BCUT2D eigenvalue weighted by Crippen LogP contribution is 2.20. The summed E-state index contributed by atoms with van der Waals surface area (Å²) in [5.41, 5.74) is 0.970. The van der Waals surface area contributed by atoms with Crippen molar-refractivity contribution in [2.75, 3.05) is 37.8 Å². The van der Waals surface area contributed by atoms with E-state index in [0.29, 0.717) is 37.4 Å². The zero-order chi connectivity index (χ0) is 15.2. The van der Waals surface area contributed by atoms with Crippen LogP contribution in [0.5, 0.6) is 6.01 Å². The Bertz CT molecular complexity index is 606. The molecule has 1 aliphatic rings. The summed E-state index contributed by atoms with van der Waals surface area (Å²) in [5, 5.41) is 0.379. The summed E-state index contributed by atoms with van der Waals surface area (Å²) >= 11 is 6.06. The summed E-state index contributed by atoms with van der Waals surface area (Å²) < 4.78 is 11.0. The molecule has 22 heavy (non-hydrogen) atoms. The number of ether oxygens (including phenoxy) is 2. The third-order valence-corrected chi connectivity index (χ3v) is 3.51. The van der Waals surface area contributed by atoms with Crippen molar-refractivity contribution in [1.29, 1.82) is 0 Å². The Hall–Kier alpha value is -1.92. The van der Waals surface area contributed by atoms with Gasteiger partial charge in [-0.1, -0.05) is 17.7 Å². The molecule has 0 aliphatic carbocycles. The van der Waals surface area contributed by atoms with E-state index in [4.69, 9.17) is 21.1 Å². The molecule has 0 atom stereocenters. The number of rotatable bonds is 5. The lowest BCUT2D eigenvalue weighted by molar-refractivity contribution is 0.122. The lowest BCUT2D eigenvalue weighted by Gasteiger charge is -2.27. The molecular weight excluding hydrogens is 304 g/mol. The quantitative estimate of drug-likeness (QED) is 0.785. The van der Waals surface area contributed by atoms with E-state index in [1.54, 1.807) is 12.3 Å². The van der Waals surface area contributed by atoms with Crippen molar-refractivity contribution in [3.05, 3.63) is 41.3 Å². The van der Waals surface area contributed by atoms with Crippen molar-refractivity contribution in [2.45, 2.75) is 6.42 Å². The number of pyridine rings is 1. The molecule has 1 saturated heterocycles. The molecule has 1 aliphatic heterocycles. The van der Waals surface area contributed by atoms with Crippen molar-refractivity contribution in [3.63, 3.8) is 0 Å². The second-order valence-electron chi connectivity index (χ2n) is 4.85. The number of halogens is 1. The normalized spacial score (nSPS) is 14.9. The van der Waals surface area contributed by atoms with Crippen LogP contribution in [-0.4, -0.2) is 47.9 Å². The minimum atomic E-state index is 0.296. The predicted octanol–water partition coefficient (Wildman–Crippen LogP) is 1.98. The molecule has 0 spiro atoms. The van der Waals surface area contributed by atoms with Crippen LogP contribution in [0.3, 0.4) is 0 Å². The van der Waals surface area contributed by atoms with Gasteiger partial charge in [0, 0.05) is 37.5 Å². The van der Waals surface area contributed by atoms with E-state index in [1.165, 1.54) is 0 Å². The van der Waals surface area contributed by atoms with Gasteiger partial charge in [0.1, 0.15) is 11.0 Å². The highest BCUT2D eigenvalue weighted by atomic mass is 35.5. The van der Waals surface area contributed by atoms with Crippen LogP contribution in [0.15, 0.2) is 30.5 Å². The van der Waals surface area contributed by atoms with Crippen LogP contribution in [0, 0.1) is 0 Å². The molecule has 0 bridgehead atoms. The number of hydrogen-bond acceptors (Lipinski definition) is 6. The molecule has 7 heteroatoms. The van der Waals surface area contributed by atoms with Crippen molar-refractivity contribution in [3.8, 4) is 6.01 Å². The summed E-state index contributed by atoms with van der Waals surface area (Å²) in [6.07, 6.45) is 2.46. The number of morpholine rings is 1. The van der Waals surface area contributed by atoms with E-state index < -0.39 is 0 Å². The standard InChI is InChI=1S/C15H17ClN4O2/c16-13-11-14(20-6-9-21-10-7-20)19-15(18-13)22-8-4-12-3-1-2-5-17-12/h1-3,5,11H,4,6-10H2. The second kappa shape index (κ2) is 7.38. The summed E-state index contributed by atoms with van der Waals surface area (Å²) in [5.74, 6) is 0.774. The zero-order valence-corrected chi connectivity index (χ0v) is 12.9. The summed E-state index contributed by atoms with van der Waals surface area (Å²) in [6.45, 7) is 3.43. The monoisotopic (exact) mass is 320 g/mol. The van der Waals surface area contributed by atoms with Crippen LogP contribution < -0.4 is 9.64 Å². The molecule has 0 aromatic carbocycles. The zero-order valence-electron chi connectivity index (χ0n) is 12.1. The van der Waals surface area contributed by atoms with Gasteiger partial charge in [-0.05, 0) is 12.1 Å². The van der Waals surface area contributed by atoms with Gasteiger partial charge in [0.2, 0.25) is 0 Å². The van der Waals surface area contributed by atoms with E-state index in [2.05, 4.69) is 19.9 Å². The van der Waals surface area contributed by atoms with Crippen LogP contribution in [-0.2, 0) is 11.2 Å². The van der Waals surface area contributed by atoms with Gasteiger partial charge in [-0.25, -0.2) is 0 Å². The topological polar surface area (TPSA) is 60.4 Å². The fraction of sp³-hybridized carbons (Fsp3) is 0.400. The minimum Gasteiger partial charge on any atom is -0.463 e. The molecule has 3 heterocycles. The third-order valence-electron chi connectivity index (χ3n) is 3.31. The minimum absolute atomic E-state index is 0.296. The van der Waals surface area contributed by atoms with Gasteiger partial charge in [-0.15, -0.1) is 0 Å². The first-order valence-corrected chi connectivity index (χ1v) is 7.59. The van der Waals surface area contributed by atoms with Gasteiger partial charge >= 0.3 is 6.01 Å². The van der Waals surface area contributed by atoms with Crippen molar-refractivity contribution in [2.24, 2.45) is 0 Å². The lowest BCUT2D eigenvalue weighted by atomic mass is 10.3. The molecule has 0 radical (unpaired) electrons. The van der Waals surface area contributed by atoms with Crippen molar-refractivity contribution >= 4 is 17.4 Å². The average molecular weight is 321 g/mol. The Labute approximate surface area is 134 Å². The fourth-order valence-electron chi connectivity index (χ4n) is 2.20. The number of nitrogens with zero attached hydrogens (tertiary/aromatic N) is 4. The Morgan fingerprint density at radius 1 is 1.23 bits per heavy atom. The molecule has 0 amide bonds. The Kier molecular flexibility index (Phi) is 5.03. The second-order valence-corrected chi connectivity index (χ2v) is 5.24. The van der Waals surface area contributed by atoms with Gasteiger partial charge in [0.25, 0.3) is 0 Å². The summed E-state index contributed by atoms with van der Waals surface area (Å²) in [7, 11) is 0. The van der Waals surface area contributed by atoms with Gasteiger partial charge < -0.3 is 14.4 Å². The molecule has 6 nitrogen and oxygen atoms in total. The fourth-order valence-corrected chi connectivity index (χ4v) is 2.37. The molecule has 116 valence electrons. The molecule has 2 aromatic heterocycles. The molecule has 0 unspecified atom stereocenters. The lowest BCUT2D eigenvalue weighted by Crippen LogP contribution is -2.36. The third kappa shape index (κ3) is 4.05. The average Bonchev–Trinajstić information content (AvgIpc) is 2.56. The highest BCUT2D eigenvalue weighted by Gasteiger charge is 2.15. The van der Waals surface area contributed by atoms with Gasteiger partial charge in [0.05, 0.1) is 19.8 Å². The maximum absolute atomic E-state index is 6.06. The molecule has 2 aromatic rings. The molecular formula is C15H17ClN4O2. The number of hydrogen-bond donors (Lipinski definition) is 0. The summed E-state index contributed by atoms with van der Waals surface area (Å²) in [4.78, 5) is 14.9. The molecule has 0 N–H and O–H groups in total. The van der Waals surface area contributed by atoms with Crippen molar-refractivity contribution < 1.29 is 9.47 Å². The first-order chi connectivity index (χ1) is 10.8. The Morgan fingerprint density at radius 2 is 2.09 bits per heavy atom. The number of anilines is 1. The molecule has 3 rings (SSSR count). The van der Waals surface area contributed by atoms with Crippen LogP contribution >= 0.6 is 11.6 Å². The largest absolute Gasteiger partial charge is 0.463 e. The van der Waals surface area contributed by atoms with E-state index in [-0.39, 0.29) is 0 Å². The smallest absolute Gasteiger partial charge is 0.319 e. The van der Waals surface area contributed by atoms with Gasteiger partial charge in [0.15, 0.2) is 0 Å². The first-order valence-electron chi connectivity index (χ1n) is 7.21. The van der Waals surface area contributed by atoms with Gasteiger partial charge in [-0.3, -0.25) is 4.98 Å². The van der Waals surface area contributed by atoms with Crippen molar-refractivity contribution in [1.82, 2.24) is 15.0 Å². The number of aromatic nitrogens is 3. The SMILES string of the molecule is Clc1cc(N2CCOCC2)nc(OCCc2ccccn2)n1. The summed E-state index contributed by atoms with van der Waals surface area (Å²) in [6, 6.07) is 7.85. The van der Waals surface area contributed by atoms with E-state index in [9.17, 15) is 0 Å². The van der Waals surface area contributed by atoms with Crippen LogP contribution in [0.4, 0.5) is 5.82 Å². The van der Waals surface area contributed by atoms with Crippen LogP contribution in [0.2, 0.25) is 5.15 Å². The van der Waals surface area contributed by atoms with Gasteiger partial charge in [-0.2, -0.15) is 9.97 Å². The molecule has 0 saturated carbocycles. The van der Waals surface area contributed by atoms with E-state index in [0.717, 1.165) is 24.6 Å².